The molecule has 1 N–H and O–H groups in total. The fourth-order valence-corrected chi connectivity index (χ4v) is 5.48. The molecule has 0 bridgehead atoms. The summed E-state index contributed by atoms with van der Waals surface area (Å²) >= 11 is 0. The van der Waals surface area contributed by atoms with Crippen molar-refractivity contribution in [1.29, 1.82) is 0 Å². The summed E-state index contributed by atoms with van der Waals surface area (Å²) in [4.78, 5) is 17.5. The predicted octanol–water partition coefficient (Wildman–Crippen LogP) is 6.77. The Labute approximate surface area is 241 Å². The lowest BCUT2D eigenvalue weighted by atomic mass is 10.0. The number of rotatable bonds is 16. The normalized spacial score (nSPS) is 13.6. The van der Waals surface area contributed by atoms with Gasteiger partial charge >= 0.3 is 0 Å². The molecule has 40 heavy (non-hydrogen) atoms. The first kappa shape index (κ1) is 29.8. The zero-order chi connectivity index (χ0) is 28.0. The third-order valence-corrected chi connectivity index (χ3v) is 7.86. The lowest BCUT2D eigenvalue weighted by molar-refractivity contribution is -0.132. The van der Waals surface area contributed by atoms with E-state index in [1.54, 1.807) is 0 Å². The second-order valence-electron chi connectivity index (χ2n) is 11.4. The zero-order valence-electron chi connectivity index (χ0n) is 24.5. The predicted molar refractivity (Wildman–Crippen MR) is 165 cm³/mol. The van der Waals surface area contributed by atoms with Crippen LogP contribution >= 0.6 is 0 Å². The van der Waals surface area contributed by atoms with Gasteiger partial charge in [0.25, 0.3) is 0 Å². The number of carbonyl (C=O) groups is 1. The molecule has 0 saturated heterocycles. The fourth-order valence-electron chi connectivity index (χ4n) is 5.48. The van der Waals surface area contributed by atoms with Gasteiger partial charge < -0.3 is 19.9 Å². The Bertz CT molecular complexity index is 1120. The van der Waals surface area contributed by atoms with E-state index in [2.05, 4.69) is 77.7 Å². The average Bonchev–Trinajstić information content (AvgIpc) is 3.50. The van der Waals surface area contributed by atoms with Crippen molar-refractivity contribution in [1.82, 2.24) is 15.1 Å². The Morgan fingerprint density at radius 1 is 0.850 bits per heavy atom. The van der Waals surface area contributed by atoms with Crippen molar-refractivity contribution in [2.45, 2.75) is 58.0 Å². The third kappa shape index (κ3) is 10.1. The van der Waals surface area contributed by atoms with Gasteiger partial charge in [0.2, 0.25) is 5.91 Å². The molecule has 0 heterocycles. The van der Waals surface area contributed by atoms with Crippen molar-refractivity contribution in [2.24, 2.45) is 5.92 Å². The van der Waals surface area contributed by atoms with Crippen LogP contribution in [0.25, 0.3) is 11.1 Å². The number of benzene rings is 3. The molecule has 1 aliphatic carbocycles. The second-order valence-corrected chi connectivity index (χ2v) is 11.4. The summed E-state index contributed by atoms with van der Waals surface area (Å²) in [6, 6.07) is 27.4. The van der Waals surface area contributed by atoms with Crippen molar-refractivity contribution in [3.05, 3.63) is 90.0 Å². The molecular formula is C35H47N3O2. The minimum absolute atomic E-state index is 0.311. The number of para-hydroxylation sites is 1. The highest BCUT2D eigenvalue weighted by Crippen LogP contribution is 2.29. The minimum Gasteiger partial charge on any atom is -0.492 e. The molecule has 214 valence electrons. The molecule has 3 aromatic carbocycles. The molecule has 0 atom stereocenters. The van der Waals surface area contributed by atoms with E-state index in [0.29, 0.717) is 25.5 Å². The first-order valence-electron chi connectivity index (χ1n) is 15.1. The summed E-state index contributed by atoms with van der Waals surface area (Å²) in [7, 11) is 4.19. The zero-order valence-corrected chi connectivity index (χ0v) is 24.5. The van der Waals surface area contributed by atoms with Crippen LogP contribution in [-0.4, -0.2) is 56.0 Å². The van der Waals surface area contributed by atoms with E-state index in [4.69, 9.17) is 4.74 Å². The number of ether oxygens (including phenoxy) is 1. The van der Waals surface area contributed by atoms with Gasteiger partial charge in [-0.25, -0.2) is 0 Å². The fraction of sp³-hybridized carbons (Fsp3) is 0.457. The Morgan fingerprint density at radius 3 is 2.15 bits per heavy atom. The summed E-state index contributed by atoms with van der Waals surface area (Å²) in [5.41, 5.74) is 4.86. The van der Waals surface area contributed by atoms with Crippen LogP contribution in [0.5, 0.6) is 5.75 Å². The Morgan fingerprint density at radius 2 is 1.50 bits per heavy atom. The number of hydrogen-bond acceptors (Lipinski definition) is 4. The van der Waals surface area contributed by atoms with E-state index in [9.17, 15) is 4.79 Å². The number of carbonyl (C=O) groups excluding carboxylic acids is 1. The highest BCUT2D eigenvalue weighted by atomic mass is 16.5. The van der Waals surface area contributed by atoms with Gasteiger partial charge in [0, 0.05) is 32.6 Å². The highest BCUT2D eigenvalue weighted by Gasteiger charge is 2.19. The SMILES string of the molecule is CN(C)CCCN(Cc1ccc(-c2ccc(CNCCOc3ccccc3)cc2)cc1)C(=O)CCC1CCCC1. The maximum atomic E-state index is 13.2. The minimum atomic E-state index is 0.311. The van der Waals surface area contributed by atoms with Crippen LogP contribution < -0.4 is 10.1 Å². The van der Waals surface area contributed by atoms with Crippen LogP contribution in [0.4, 0.5) is 0 Å². The summed E-state index contributed by atoms with van der Waals surface area (Å²) in [5.74, 6) is 1.97. The van der Waals surface area contributed by atoms with Crippen LogP contribution in [0.3, 0.4) is 0 Å². The quantitative estimate of drug-likeness (QED) is 0.203. The van der Waals surface area contributed by atoms with E-state index in [-0.39, 0.29) is 0 Å². The topological polar surface area (TPSA) is 44.8 Å². The molecule has 1 aliphatic rings. The first-order chi connectivity index (χ1) is 19.6. The van der Waals surface area contributed by atoms with Crippen molar-refractivity contribution in [2.75, 3.05) is 40.3 Å². The van der Waals surface area contributed by atoms with E-state index in [0.717, 1.165) is 50.7 Å². The summed E-state index contributed by atoms with van der Waals surface area (Å²) in [6.45, 7) is 4.77. The third-order valence-electron chi connectivity index (χ3n) is 7.86. The van der Waals surface area contributed by atoms with E-state index in [1.807, 2.05) is 30.3 Å². The Hall–Kier alpha value is -3.15. The largest absolute Gasteiger partial charge is 0.492 e. The molecule has 3 aromatic rings. The standard InChI is InChI=1S/C35H47N3O2/c1-37(2)24-8-25-38(35(39)22-17-29-9-6-7-10-29)28-31-15-20-33(21-16-31)32-18-13-30(14-19-32)27-36-23-26-40-34-11-4-3-5-12-34/h3-5,11-16,18-21,29,36H,6-10,17,22-28H2,1-2H3. The van der Waals surface area contributed by atoms with Gasteiger partial charge in [-0.2, -0.15) is 0 Å². The monoisotopic (exact) mass is 541 g/mol. The lowest BCUT2D eigenvalue weighted by Gasteiger charge is -2.24. The van der Waals surface area contributed by atoms with Gasteiger partial charge in [0.1, 0.15) is 12.4 Å². The van der Waals surface area contributed by atoms with Crippen molar-refractivity contribution in [3.8, 4) is 16.9 Å². The van der Waals surface area contributed by atoms with E-state index >= 15 is 0 Å². The van der Waals surface area contributed by atoms with Gasteiger partial charge in [-0.3, -0.25) is 4.79 Å². The highest BCUT2D eigenvalue weighted by molar-refractivity contribution is 5.76. The Kier molecular flexibility index (Phi) is 12.1. The van der Waals surface area contributed by atoms with Crippen LogP contribution in [0.1, 0.15) is 56.1 Å². The summed E-state index contributed by atoms with van der Waals surface area (Å²) in [6.07, 6.45) is 8.01. The van der Waals surface area contributed by atoms with Crippen LogP contribution in [0.15, 0.2) is 78.9 Å². The molecule has 0 unspecified atom stereocenters. The van der Waals surface area contributed by atoms with Crippen LogP contribution in [-0.2, 0) is 17.9 Å². The lowest BCUT2D eigenvalue weighted by Crippen LogP contribution is -2.33. The Balaban J connectivity index is 1.25. The van der Waals surface area contributed by atoms with Crippen LogP contribution in [0.2, 0.25) is 0 Å². The number of hydrogen-bond donors (Lipinski definition) is 1. The van der Waals surface area contributed by atoms with Gasteiger partial charge in [-0.05, 0) is 73.8 Å². The maximum absolute atomic E-state index is 13.2. The molecule has 0 spiro atoms. The number of nitrogens with one attached hydrogen (secondary N) is 1. The van der Waals surface area contributed by atoms with Gasteiger partial charge in [0.15, 0.2) is 0 Å². The summed E-state index contributed by atoms with van der Waals surface area (Å²) < 4.78 is 5.74. The molecule has 0 aliphatic heterocycles. The maximum Gasteiger partial charge on any atom is 0.222 e. The van der Waals surface area contributed by atoms with E-state index < -0.39 is 0 Å². The van der Waals surface area contributed by atoms with Crippen molar-refractivity contribution >= 4 is 5.91 Å². The molecular weight excluding hydrogens is 494 g/mol. The molecule has 1 amide bonds. The molecule has 5 nitrogen and oxygen atoms in total. The average molecular weight is 542 g/mol. The molecule has 5 heteroatoms. The van der Waals surface area contributed by atoms with Gasteiger partial charge in [0.05, 0.1) is 0 Å². The number of amides is 1. The first-order valence-corrected chi connectivity index (χ1v) is 15.1. The molecule has 4 rings (SSSR count). The van der Waals surface area contributed by atoms with E-state index in [1.165, 1.54) is 47.9 Å². The van der Waals surface area contributed by atoms with Gasteiger partial charge in [-0.15, -0.1) is 0 Å². The van der Waals surface area contributed by atoms with Crippen molar-refractivity contribution in [3.63, 3.8) is 0 Å². The second kappa shape index (κ2) is 16.2. The molecule has 1 fully saturated rings. The van der Waals surface area contributed by atoms with Crippen LogP contribution in [0, 0.1) is 5.92 Å². The van der Waals surface area contributed by atoms with Crippen molar-refractivity contribution < 1.29 is 9.53 Å². The van der Waals surface area contributed by atoms with Gasteiger partial charge in [-0.1, -0.05) is 92.4 Å². The molecule has 1 saturated carbocycles. The number of nitrogens with zero attached hydrogens (tertiary/aromatic N) is 2. The molecule has 0 aromatic heterocycles. The summed E-state index contributed by atoms with van der Waals surface area (Å²) in [5, 5.41) is 3.45. The smallest absolute Gasteiger partial charge is 0.222 e. The molecule has 0 radical (unpaired) electrons.